The third-order valence-corrected chi connectivity index (χ3v) is 5.32. The lowest BCUT2D eigenvalue weighted by Crippen LogP contribution is -2.36. The van der Waals surface area contributed by atoms with Gasteiger partial charge < -0.3 is 31.9 Å². The predicted octanol–water partition coefficient (Wildman–Crippen LogP) is -0.705. The maximum atomic E-state index is 11.8. The number of rotatable bonds is 21. The second kappa shape index (κ2) is 21.4. The van der Waals surface area contributed by atoms with Gasteiger partial charge in [-0.15, -0.1) is 0 Å². The molecule has 222 valence electrons. The first-order valence-corrected chi connectivity index (χ1v) is 13.5. The van der Waals surface area contributed by atoms with Gasteiger partial charge in [0.2, 0.25) is 35.4 Å². The number of carbonyl (C=O) groups is 7. The van der Waals surface area contributed by atoms with Crippen molar-refractivity contribution in [3.63, 3.8) is 0 Å². The fourth-order valence-corrected chi connectivity index (χ4v) is 2.95. The Morgan fingerprint density at radius 1 is 0.410 bits per heavy atom. The van der Waals surface area contributed by atoms with Gasteiger partial charge in [0.25, 0.3) is 0 Å². The molecule has 0 bridgehead atoms. The molecule has 0 aromatic heterocycles. The highest BCUT2D eigenvalue weighted by Gasteiger charge is 2.11. The van der Waals surface area contributed by atoms with Crippen LogP contribution < -0.4 is 31.9 Å². The van der Waals surface area contributed by atoms with Crippen molar-refractivity contribution in [3.8, 4) is 0 Å². The standard InChI is InChI=1S/C26H46N6O7/c1-18(2)17-32-26(39)11-16-31-25(38)10-15-30-24(37)9-14-29-23(36)8-13-28-22(35)7-12-27-21(34)6-5-20(33)19(3)4/h18-19H,5-17H2,1-4H3,(H,27,34)(H,28,35)(H,29,36)(H,30,37)(H,31,38)(H,32,39). The summed E-state index contributed by atoms with van der Waals surface area (Å²) in [6.45, 7) is 8.84. The minimum atomic E-state index is -0.331. The van der Waals surface area contributed by atoms with E-state index in [-0.39, 0.29) is 125 Å². The lowest BCUT2D eigenvalue weighted by Gasteiger charge is -2.09. The number of hydrogen-bond donors (Lipinski definition) is 6. The van der Waals surface area contributed by atoms with E-state index >= 15 is 0 Å². The van der Waals surface area contributed by atoms with Gasteiger partial charge in [0, 0.05) is 90.1 Å². The fourth-order valence-electron chi connectivity index (χ4n) is 2.95. The maximum Gasteiger partial charge on any atom is 0.221 e. The van der Waals surface area contributed by atoms with Crippen LogP contribution in [0.5, 0.6) is 0 Å². The van der Waals surface area contributed by atoms with Crippen LogP contribution >= 0.6 is 0 Å². The largest absolute Gasteiger partial charge is 0.356 e. The van der Waals surface area contributed by atoms with E-state index in [2.05, 4.69) is 31.9 Å². The molecule has 0 heterocycles. The number of nitrogens with one attached hydrogen (secondary N) is 6. The van der Waals surface area contributed by atoms with E-state index in [1.54, 1.807) is 13.8 Å². The Kier molecular flexibility index (Phi) is 19.5. The first-order valence-electron chi connectivity index (χ1n) is 13.5. The summed E-state index contributed by atoms with van der Waals surface area (Å²) in [5.41, 5.74) is 0. The lowest BCUT2D eigenvalue weighted by atomic mass is 10.0. The van der Waals surface area contributed by atoms with Crippen molar-refractivity contribution in [1.82, 2.24) is 31.9 Å². The highest BCUT2D eigenvalue weighted by Crippen LogP contribution is 2.01. The minimum absolute atomic E-state index is 0.0125. The van der Waals surface area contributed by atoms with Crippen LogP contribution in [0.1, 0.15) is 72.6 Å². The summed E-state index contributed by atoms with van der Waals surface area (Å²) in [4.78, 5) is 82.0. The number of Topliss-reactive ketones (excluding diaryl/α,β-unsaturated/α-hetero) is 1. The molecule has 0 spiro atoms. The van der Waals surface area contributed by atoms with Gasteiger partial charge in [-0.05, 0) is 5.92 Å². The van der Waals surface area contributed by atoms with Crippen LogP contribution in [-0.4, -0.2) is 80.5 Å². The molecule has 0 aliphatic rings. The molecule has 0 aliphatic heterocycles. The van der Waals surface area contributed by atoms with Crippen LogP contribution in [0.3, 0.4) is 0 Å². The molecule has 0 fully saturated rings. The van der Waals surface area contributed by atoms with Crippen LogP contribution in [0.4, 0.5) is 0 Å². The Labute approximate surface area is 230 Å². The van der Waals surface area contributed by atoms with Gasteiger partial charge >= 0.3 is 0 Å². The van der Waals surface area contributed by atoms with Crippen molar-refractivity contribution < 1.29 is 33.6 Å². The summed E-state index contributed by atoms with van der Waals surface area (Å²) in [7, 11) is 0. The molecule has 13 nitrogen and oxygen atoms in total. The summed E-state index contributed by atoms with van der Waals surface area (Å²) >= 11 is 0. The zero-order valence-corrected chi connectivity index (χ0v) is 23.7. The van der Waals surface area contributed by atoms with Crippen molar-refractivity contribution in [3.05, 3.63) is 0 Å². The van der Waals surface area contributed by atoms with Crippen molar-refractivity contribution in [1.29, 1.82) is 0 Å². The summed E-state index contributed by atoms with van der Waals surface area (Å²) in [6.07, 6.45) is 0.654. The quantitative estimate of drug-likeness (QED) is 0.108. The van der Waals surface area contributed by atoms with Gasteiger partial charge in [-0.3, -0.25) is 33.6 Å². The molecule has 0 radical (unpaired) electrons. The second-order valence-electron chi connectivity index (χ2n) is 9.82. The van der Waals surface area contributed by atoms with Gasteiger partial charge in [0.15, 0.2) is 0 Å². The Morgan fingerprint density at radius 2 is 0.692 bits per heavy atom. The zero-order valence-electron chi connectivity index (χ0n) is 23.7. The van der Waals surface area contributed by atoms with Gasteiger partial charge in [0.05, 0.1) is 0 Å². The van der Waals surface area contributed by atoms with Crippen molar-refractivity contribution in [2.24, 2.45) is 11.8 Å². The molecule has 0 saturated carbocycles. The summed E-state index contributed by atoms with van der Waals surface area (Å²) < 4.78 is 0. The monoisotopic (exact) mass is 554 g/mol. The molecule has 0 aliphatic carbocycles. The Bertz CT molecular complexity index is 830. The van der Waals surface area contributed by atoms with Crippen molar-refractivity contribution in [2.45, 2.75) is 72.6 Å². The molecule has 6 amide bonds. The van der Waals surface area contributed by atoms with E-state index in [4.69, 9.17) is 0 Å². The maximum absolute atomic E-state index is 11.8. The van der Waals surface area contributed by atoms with Gasteiger partial charge in [-0.1, -0.05) is 27.7 Å². The lowest BCUT2D eigenvalue weighted by molar-refractivity contribution is -0.127. The predicted molar refractivity (Wildman–Crippen MR) is 145 cm³/mol. The van der Waals surface area contributed by atoms with Gasteiger partial charge in [-0.25, -0.2) is 0 Å². The first kappa shape index (κ1) is 35.5. The van der Waals surface area contributed by atoms with E-state index in [0.717, 1.165) is 0 Å². The van der Waals surface area contributed by atoms with E-state index in [1.807, 2.05) is 13.8 Å². The van der Waals surface area contributed by atoms with Crippen LogP contribution in [0.15, 0.2) is 0 Å². The topological polar surface area (TPSA) is 192 Å². The third kappa shape index (κ3) is 22.2. The molecular formula is C26H46N6O7. The summed E-state index contributed by atoms with van der Waals surface area (Å²) in [5.74, 6) is -1.41. The summed E-state index contributed by atoms with van der Waals surface area (Å²) in [6, 6.07) is 0. The molecular weight excluding hydrogens is 508 g/mol. The average molecular weight is 555 g/mol. The zero-order chi connectivity index (χ0) is 29.6. The molecule has 0 unspecified atom stereocenters. The molecule has 13 heteroatoms. The second-order valence-corrected chi connectivity index (χ2v) is 9.82. The van der Waals surface area contributed by atoms with Crippen LogP contribution in [-0.2, 0) is 33.6 Å². The minimum Gasteiger partial charge on any atom is -0.356 e. The van der Waals surface area contributed by atoms with Gasteiger partial charge in [-0.2, -0.15) is 0 Å². The smallest absolute Gasteiger partial charge is 0.221 e. The van der Waals surface area contributed by atoms with E-state index < -0.39 is 0 Å². The molecule has 0 aromatic carbocycles. The molecule has 0 saturated heterocycles. The number of hydrogen-bond acceptors (Lipinski definition) is 7. The molecule has 6 N–H and O–H groups in total. The summed E-state index contributed by atoms with van der Waals surface area (Å²) in [5, 5.41) is 15.7. The van der Waals surface area contributed by atoms with Gasteiger partial charge in [0.1, 0.15) is 5.78 Å². The van der Waals surface area contributed by atoms with Crippen LogP contribution in [0, 0.1) is 11.8 Å². The Morgan fingerprint density at radius 3 is 0.974 bits per heavy atom. The molecule has 39 heavy (non-hydrogen) atoms. The highest BCUT2D eigenvalue weighted by atomic mass is 16.2. The number of ketones is 1. The van der Waals surface area contributed by atoms with Crippen molar-refractivity contribution >= 4 is 41.2 Å². The van der Waals surface area contributed by atoms with Crippen LogP contribution in [0.25, 0.3) is 0 Å². The first-order chi connectivity index (χ1) is 18.4. The van der Waals surface area contributed by atoms with E-state index in [0.29, 0.717) is 12.5 Å². The fraction of sp³-hybridized carbons (Fsp3) is 0.731. The molecule has 0 atom stereocenters. The highest BCUT2D eigenvalue weighted by molar-refractivity contribution is 5.86. The third-order valence-electron chi connectivity index (χ3n) is 5.32. The Hall–Kier alpha value is -3.51. The molecule has 0 aromatic rings. The van der Waals surface area contributed by atoms with Crippen molar-refractivity contribution in [2.75, 3.05) is 39.3 Å². The average Bonchev–Trinajstić information content (AvgIpc) is 2.85. The normalized spacial score (nSPS) is 10.5. The Balaban J connectivity index is 3.74. The number of amides is 6. The van der Waals surface area contributed by atoms with E-state index in [1.165, 1.54) is 0 Å². The SMILES string of the molecule is CC(C)CNC(=O)CCNC(=O)CCNC(=O)CCNC(=O)CCNC(=O)CCNC(=O)CCC(=O)C(C)C. The van der Waals surface area contributed by atoms with E-state index in [9.17, 15) is 33.6 Å². The molecule has 0 rings (SSSR count). The number of carbonyl (C=O) groups excluding carboxylic acids is 7. The van der Waals surface area contributed by atoms with Crippen LogP contribution in [0.2, 0.25) is 0 Å².